The summed E-state index contributed by atoms with van der Waals surface area (Å²) in [6, 6.07) is 11.3. The molecule has 0 unspecified atom stereocenters. The molecule has 18 heteroatoms. The number of benzene rings is 2. The Labute approximate surface area is 315 Å². The van der Waals surface area contributed by atoms with Gasteiger partial charge in [-0.05, 0) is 62.6 Å². The van der Waals surface area contributed by atoms with Gasteiger partial charge in [0.25, 0.3) is 18.8 Å². The highest BCUT2D eigenvalue weighted by atomic mass is 35.5. The molecule has 1 aliphatic carbocycles. The first kappa shape index (κ1) is 43.5. The highest BCUT2D eigenvalue weighted by molar-refractivity contribution is 6.34. The van der Waals surface area contributed by atoms with Crippen molar-refractivity contribution in [2.24, 2.45) is 26.9 Å². The second kappa shape index (κ2) is 18.0. The summed E-state index contributed by atoms with van der Waals surface area (Å²) in [5, 5.41) is 14.4. The number of aliphatic imine (C=N–C) groups is 2. The van der Waals surface area contributed by atoms with E-state index < -0.39 is 35.6 Å². The number of alkyl halides is 5. The molecule has 2 heterocycles. The Balaban J connectivity index is 0.000000410. The van der Waals surface area contributed by atoms with Gasteiger partial charge in [-0.2, -0.15) is 18.3 Å². The quantitative estimate of drug-likeness (QED) is 0.0675. The van der Waals surface area contributed by atoms with Gasteiger partial charge in [-0.15, -0.1) is 0 Å². The van der Waals surface area contributed by atoms with Gasteiger partial charge in [0.05, 0.1) is 34.3 Å². The van der Waals surface area contributed by atoms with E-state index in [0.29, 0.717) is 34.2 Å². The van der Waals surface area contributed by atoms with Crippen molar-refractivity contribution < 1.29 is 36.3 Å². The van der Waals surface area contributed by atoms with E-state index in [1.54, 1.807) is 18.2 Å². The van der Waals surface area contributed by atoms with Gasteiger partial charge >= 0.3 is 6.18 Å². The second-order valence-electron chi connectivity index (χ2n) is 14.0. The summed E-state index contributed by atoms with van der Waals surface area (Å²) in [4.78, 5) is 34.1. The molecule has 12 nitrogen and oxygen atoms in total. The van der Waals surface area contributed by atoms with Crippen LogP contribution < -0.4 is 16.8 Å². The van der Waals surface area contributed by atoms with Crippen molar-refractivity contribution in [1.29, 1.82) is 5.41 Å². The third-order valence-electron chi connectivity index (χ3n) is 8.59. The van der Waals surface area contributed by atoms with Crippen LogP contribution in [0.4, 0.5) is 22.0 Å². The summed E-state index contributed by atoms with van der Waals surface area (Å²) in [5.74, 6) is -0.349. The van der Waals surface area contributed by atoms with Crippen molar-refractivity contribution in [1.82, 2.24) is 20.0 Å². The van der Waals surface area contributed by atoms with Gasteiger partial charge < -0.3 is 21.5 Å². The molecule has 1 fully saturated rings. The van der Waals surface area contributed by atoms with E-state index in [9.17, 15) is 31.5 Å². The molecule has 0 bridgehead atoms. The number of guanidine groups is 1. The molecule has 294 valence electrons. The van der Waals surface area contributed by atoms with Gasteiger partial charge in [0.15, 0.2) is 12.0 Å². The minimum Gasteiger partial charge on any atom is -0.465 e. The Kier molecular flexibility index (Phi) is 14.5. The molecule has 1 aromatic heterocycles. The number of carbonyl (C=O) groups is 2. The summed E-state index contributed by atoms with van der Waals surface area (Å²) in [7, 11) is 1.52. The number of hydrogen-bond donors (Lipinski definition) is 4. The molecule has 0 saturated heterocycles. The van der Waals surface area contributed by atoms with E-state index in [4.69, 9.17) is 33.2 Å². The molecule has 5 rings (SSSR count). The van der Waals surface area contributed by atoms with Crippen LogP contribution in [0.5, 0.6) is 0 Å². The highest BCUT2D eigenvalue weighted by Crippen LogP contribution is 2.37. The molecule has 2 aliphatic rings. The van der Waals surface area contributed by atoms with Crippen LogP contribution in [0.25, 0.3) is 11.1 Å². The van der Waals surface area contributed by atoms with E-state index in [-0.39, 0.29) is 24.3 Å². The summed E-state index contributed by atoms with van der Waals surface area (Å²) in [5.41, 5.74) is 13.1. The molecule has 0 radical (unpaired) electrons. The number of aromatic nitrogens is 2. The predicted molar refractivity (Wildman–Crippen MR) is 198 cm³/mol. The van der Waals surface area contributed by atoms with Crippen LogP contribution in [0.3, 0.4) is 0 Å². The third kappa shape index (κ3) is 11.1. The van der Waals surface area contributed by atoms with Gasteiger partial charge in [0.2, 0.25) is 0 Å². The largest absolute Gasteiger partial charge is 0.465 e. The maximum absolute atomic E-state index is 13.6. The number of carbonyl (C=O) groups excluding carboxylic acids is 2. The molecule has 1 aliphatic heterocycles. The number of amidine groups is 1. The van der Waals surface area contributed by atoms with E-state index in [0.717, 1.165) is 51.1 Å². The summed E-state index contributed by atoms with van der Waals surface area (Å²) < 4.78 is 65.2. The number of rotatable bonds is 12. The van der Waals surface area contributed by atoms with Crippen molar-refractivity contribution in [3.63, 3.8) is 0 Å². The topological polar surface area (TPSA) is 177 Å². The van der Waals surface area contributed by atoms with Crippen molar-refractivity contribution in [3.8, 4) is 11.1 Å². The minimum absolute atomic E-state index is 0.00749. The Morgan fingerprint density at radius 1 is 1.11 bits per heavy atom. The standard InChI is InChI=1S/C26H25ClN8O3.C5H9F3.C5H11F2N/c27-21-8-5-17(9-20(21)24(29)31-13-28)22(12-38-14-36)35-25(37)23(33-26(35)30)16-3-1-15(2-4-16)18-10-32-34(11-18)19-6-7-19;1-4(2,3)5(6,7)8;1-5(2,8-3)4(6)7/h1-5,8-11,13-14,19,22-23H,6-7,12H2,(H2,30,33)(H3,28,29,31);1-3H3;4,8H,1-3H3/t22-,23-;;/m1../s1. The van der Waals surface area contributed by atoms with Gasteiger partial charge in [-0.3, -0.25) is 24.6 Å². The number of nitrogens with one attached hydrogen (secondary N) is 2. The molecule has 0 spiro atoms. The Morgan fingerprint density at radius 2 is 1.72 bits per heavy atom. The number of hydrogen-bond acceptors (Lipinski definition) is 8. The molecule has 1 amide bonds. The number of amides is 1. The lowest BCUT2D eigenvalue weighted by molar-refractivity contribution is -0.204. The SMILES string of the molecule is CC(C)(C)C(F)(F)F.CNC(C)(C)C(F)F.N=CN=C(N)c1cc([C@@H](COC=O)N2C(=O)[C@@H](c3ccc(-c4cnn(C5CC5)c4)cc3)N=C2N)ccc1Cl. The Bertz CT molecular complexity index is 1800. The normalized spacial score (nSPS) is 16.9. The van der Waals surface area contributed by atoms with Crippen molar-refractivity contribution >= 4 is 42.1 Å². The number of nitrogens with two attached hydrogens (primary N) is 2. The van der Waals surface area contributed by atoms with Crippen molar-refractivity contribution in [3.05, 3.63) is 76.6 Å². The van der Waals surface area contributed by atoms with Gasteiger partial charge in [-0.1, -0.05) is 62.7 Å². The Morgan fingerprint density at radius 3 is 2.20 bits per heavy atom. The summed E-state index contributed by atoms with van der Waals surface area (Å²) >= 11 is 6.28. The predicted octanol–water partition coefficient (Wildman–Crippen LogP) is 6.81. The number of halogens is 6. The smallest absolute Gasteiger partial charge is 0.393 e. The van der Waals surface area contributed by atoms with Gasteiger partial charge in [0, 0.05) is 17.3 Å². The fraction of sp³-hybridized carbons (Fsp3) is 0.444. The van der Waals surface area contributed by atoms with E-state index in [2.05, 4.69) is 20.4 Å². The van der Waals surface area contributed by atoms with Crippen LogP contribution in [0.15, 0.2) is 64.8 Å². The monoisotopic (exact) mass is 781 g/mol. The molecule has 2 aromatic carbocycles. The van der Waals surface area contributed by atoms with Crippen LogP contribution in [0.1, 0.15) is 82.3 Å². The third-order valence-corrected chi connectivity index (χ3v) is 8.92. The first-order valence-corrected chi connectivity index (χ1v) is 17.1. The van der Waals surface area contributed by atoms with Crippen LogP contribution in [-0.4, -0.2) is 77.0 Å². The molecule has 3 aromatic rings. The average Bonchev–Trinajstić information content (AvgIpc) is 3.76. The lowest BCUT2D eigenvalue weighted by atomic mass is 9.96. The highest BCUT2D eigenvalue weighted by Gasteiger charge is 2.43. The molecule has 54 heavy (non-hydrogen) atoms. The van der Waals surface area contributed by atoms with Crippen molar-refractivity contribution in [2.75, 3.05) is 13.7 Å². The fourth-order valence-electron chi connectivity index (χ4n) is 4.55. The first-order chi connectivity index (χ1) is 25.2. The molecular weight excluding hydrogens is 737 g/mol. The first-order valence-electron chi connectivity index (χ1n) is 16.7. The zero-order chi connectivity index (χ0) is 40.6. The van der Waals surface area contributed by atoms with Gasteiger partial charge in [0.1, 0.15) is 18.8 Å². The van der Waals surface area contributed by atoms with Crippen molar-refractivity contribution in [2.45, 2.75) is 83.7 Å². The van der Waals surface area contributed by atoms with E-state index >= 15 is 0 Å². The summed E-state index contributed by atoms with van der Waals surface area (Å²) in [6.07, 6.45) is 0.614. The minimum atomic E-state index is -4.06. The average molecular weight is 782 g/mol. The zero-order valence-corrected chi connectivity index (χ0v) is 31.4. The lowest BCUT2D eigenvalue weighted by Crippen LogP contribution is -2.43. The fourth-order valence-corrected chi connectivity index (χ4v) is 4.77. The number of nitrogens with zero attached hydrogens (tertiary/aromatic N) is 5. The lowest BCUT2D eigenvalue weighted by Gasteiger charge is -2.28. The van der Waals surface area contributed by atoms with Crippen LogP contribution in [0.2, 0.25) is 5.02 Å². The Hall–Kier alpha value is -4.90. The second-order valence-corrected chi connectivity index (χ2v) is 14.4. The maximum atomic E-state index is 13.6. The summed E-state index contributed by atoms with van der Waals surface area (Å²) in [6.45, 7) is 6.47. The maximum Gasteiger partial charge on any atom is 0.393 e. The van der Waals surface area contributed by atoms with E-state index in [1.165, 1.54) is 25.8 Å². The molecule has 2 atom stereocenters. The zero-order valence-electron chi connectivity index (χ0n) is 30.7. The van der Waals surface area contributed by atoms with Crippen LogP contribution in [0, 0.1) is 10.8 Å². The molecular formula is C36H45ClF5N9O3. The van der Waals surface area contributed by atoms with Crippen LogP contribution in [-0.2, 0) is 14.3 Å². The van der Waals surface area contributed by atoms with E-state index in [1.807, 2.05) is 41.3 Å². The van der Waals surface area contributed by atoms with Gasteiger partial charge in [-0.25, -0.2) is 18.8 Å². The molecule has 1 saturated carbocycles. The number of ether oxygens (including phenoxy) is 1. The van der Waals surface area contributed by atoms with Crippen LogP contribution >= 0.6 is 11.6 Å². The molecule has 6 N–H and O–H groups in total.